The van der Waals surface area contributed by atoms with Gasteiger partial charge in [-0.1, -0.05) is 19.1 Å². The van der Waals surface area contributed by atoms with Gasteiger partial charge in [0.15, 0.2) is 0 Å². The largest absolute Gasteiger partial charge is 0.489 e. The molecule has 0 saturated heterocycles. The topological polar surface area (TPSA) is 56.8 Å². The number of ether oxygens (including phenoxy) is 3. The van der Waals surface area contributed by atoms with Gasteiger partial charge in [-0.05, 0) is 18.6 Å². The van der Waals surface area contributed by atoms with Crippen LogP contribution in [-0.4, -0.2) is 38.9 Å². The Bertz CT molecular complexity index is 395. The highest BCUT2D eigenvalue weighted by Gasteiger charge is 2.03. The first kappa shape index (κ1) is 16.5. The Morgan fingerprint density at radius 3 is 2.40 bits per heavy atom. The minimum atomic E-state index is -0.120. The predicted octanol–water partition coefficient (Wildman–Crippen LogP) is 2.47. The Balaban J connectivity index is 2.20. The van der Waals surface area contributed by atoms with Crippen LogP contribution in [-0.2, 0) is 14.3 Å². The normalized spacial score (nSPS) is 10.3. The first-order valence-electron chi connectivity index (χ1n) is 6.89. The Hall–Kier alpha value is -1.59. The van der Waals surface area contributed by atoms with Crippen molar-refractivity contribution in [1.82, 2.24) is 0 Å². The molecule has 0 spiro atoms. The maximum absolute atomic E-state index is 11.1. The molecule has 0 fully saturated rings. The summed E-state index contributed by atoms with van der Waals surface area (Å²) >= 11 is 0. The number of para-hydroxylation sites is 2. The summed E-state index contributed by atoms with van der Waals surface area (Å²) in [7, 11) is 0. The molecule has 1 amide bonds. The molecule has 1 aromatic rings. The van der Waals surface area contributed by atoms with Gasteiger partial charge >= 0.3 is 0 Å². The first-order valence-corrected chi connectivity index (χ1v) is 6.89. The van der Waals surface area contributed by atoms with E-state index in [0.29, 0.717) is 37.9 Å². The highest BCUT2D eigenvalue weighted by atomic mass is 16.5. The van der Waals surface area contributed by atoms with Crippen molar-refractivity contribution >= 4 is 11.6 Å². The molecule has 0 saturated carbocycles. The monoisotopic (exact) mass is 281 g/mol. The van der Waals surface area contributed by atoms with Crippen molar-refractivity contribution in [3.63, 3.8) is 0 Å². The lowest BCUT2D eigenvalue weighted by atomic mass is 10.3. The summed E-state index contributed by atoms with van der Waals surface area (Å²) in [4.78, 5) is 11.1. The second-order valence-corrected chi connectivity index (χ2v) is 4.25. The molecule has 0 atom stereocenters. The van der Waals surface area contributed by atoms with Gasteiger partial charge < -0.3 is 19.5 Å². The zero-order valence-electron chi connectivity index (χ0n) is 12.2. The molecule has 0 aliphatic heterocycles. The second kappa shape index (κ2) is 10.2. The standard InChI is InChI=1S/C15H23NO4/c1-3-8-18-9-10-19-11-12-20-15-7-5-4-6-14(15)16-13(2)17/h4-7H,3,8-12H2,1-2H3,(H,16,17). The highest BCUT2D eigenvalue weighted by Crippen LogP contribution is 2.23. The average molecular weight is 281 g/mol. The van der Waals surface area contributed by atoms with E-state index in [2.05, 4.69) is 12.2 Å². The fourth-order valence-corrected chi connectivity index (χ4v) is 1.56. The molecule has 1 rings (SSSR count). The van der Waals surface area contributed by atoms with Crippen molar-refractivity contribution in [1.29, 1.82) is 0 Å². The molecule has 112 valence electrons. The van der Waals surface area contributed by atoms with Crippen LogP contribution < -0.4 is 10.1 Å². The molecule has 1 aromatic carbocycles. The van der Waals surface area contributed by atoms with E-state index in [9.17, 15) is 4.79 Å². The summed E-state index contributed by atoms with van der Waals surface area (Å²) in [5.74, 6) is 0.527. The molecule has 0 radical (unpaired) electrons. The van der Waals surface area contributed by atoms with Crippen molar-refractivity contribution in [2.75, 3.05) is 38.4 Å². The number of carbonyl (C=O) groups is 1. The third-order valence-electron chi connectivity index (χ3n) is 2.40. The van der Waals surface area contributed by atoms with Gasteiger partial charge in [-0.3, -0.25) is 4.79 Å². The maximum atomic E-state index is 11.1. The van der Waals surface area contributed by atoms with Crippen LogP contribution in [0.4, 0.5) is 5.69 Å². The number of anilines is 1. The van der Waals surface area contributed by atoms with Gasteiger partial charge in [0.2, 0.25) is 5.91 Å². The number of nitrogens with one attached hydrogen (secondary N) is 1. The Labute approximate surface area is 120 Å². The van der Waals surface area contributed by atoms with E-state index in [-0.39, 0.29) is 5.91 Å². The fourth-order valence-electron chi connectivity index (χ4n) is 1.56. The summed E-state index contributed by atoms with van der Waals surface area (Å²) in [5, 5.41) is 2.72. The van der Waals surface area contributed by atoms with Crippen LogP contribution in [0.1, 0.15) is 20.3 Å². The number of hydrogen-bond acceptors (Lipinski definition) is 4. The van der Waals surface area contributed by atoms with Gasteiger partial charge in [0.1, 0.15) is 12.4 Å². The maximum Gasteiger partial charge on any atom is 0.221 e. The first-order chi connectivity index (χ1) is 9.74. The van der Waals surface area contributed by atoms with E-state index < -0.39 is 0 Å². The lowest BCUT2D eigenvalue weighted by molar-refractivity contribution is -0.114. The van der Waals surface area contributed by atoms with Crippen molar-refractivity contribution in [2.45, 2.75) is 20.3 Å². The van der Waals surface area contributed by atoms with E-state index in [4.69, 9.17) is 14.2 Å². The fraction of sp³-hybridized carbons (Fsp3) is 0.533. The molecule has 0 aliphatic rings. The van der Waals surface area contributed by atoms with Crippen molar-refractivity contribution in [3.05, 3.63) is 24.3 Å². The highest BCUT2D eigenvalue weighted by molar-refractivity contribution is 5.90. The van der Waals surface area contributed by atoms with Crippen molar-refractivity contribution in [3.8, 4) is 5.75 Å². The van der Waals surface area contributed by atoms with Gasteiger partial charge in [-0.15, -0.1) is 0 Å². The molecule has 0 bridgehead atoms. The molecule has 0 heterocycles. The van der Waals surface area contributed by atoms with E-state index in [1.807, 2.05) is 18.2 Å². The van der Waals surface area contributed by atoms with E-state index in [1.54, 1.807) is 6.07 Å². The SMILES string of the molecule is CCCOCCOCCOc1ccccc1NC(C)=O. The Kier molecular flexibility index (Phi) is 8.42. The molecule has 0 unspecified atom stereocenters. The minimum Gasteiger partial charge on any atom is -0.489 e. The molecule has 20 heavy (non-hydrogen) atoms. The van der Waals surface area contributed by atoms with Crippen molar-refractivity contribution in [2.24, 2.45) is 0 Å². The molecule has 5 nitrogen and oxygen atoms in total. The number of hydrogen-bond donors (Lipinski definition) is 1. The van der Waals surface area contributed by atoms with Gasteiger partial charge in [0, 0.05) is 13.5 Å². The molecular formula is C15H23NO4. The van der Waals surface area contributed by atoms with Crippen LogP contribution in [0.5, 0.6) is 5.75 Å². The van der Waals surface area contributed by atoms with E-state index in [0.717, 1.165) is 13.0 Å². The summed E-state index contributed by atoms with van der Waals surface area (Å²) in [5.41, 5.74) is 0.672. The van der Waals surface area contributed by atoms with E-state index >= 15 is 0 Å². The summed E-state index contributed by atoms with van der Waals surface area (Å²) in [6.45, 7) is 6.41. The molecule has 1 N–H and O–H groups in total. The minimum absolute atomic E-state index is 0.120. The molecule has 0 aromatic heterocycles. The number of amides is 1. The van der Waals surface area contributed by atoms with Crippen LogP contribution in [0.2, 0.25) is 0 Å². The number of carbonyl (C=O) groups excluding carboxylic acids is 1. The van der Waals surface area contributed by atoms with Gasteiger partial charge in [-0.25, -0.2) is 0 Å². The van der Waals surface area contributed by atoms with Crippen LogP contribution in [0.3, 0.4) is 0 Å². The lowest BCUT2D eigenvalue weighted by Gasteiger charge is -2.11. The zero-order valence-corrected chi connectivity index (χ0v) is 12.2. The van der Waals surface area contributed by atoms with Crippen LogP contribution >= 0.6 is 0 Å². The predicted molar refractivity (Wildman–Crippen MR) is 78.2 cm³/mol. The second-order valence-electron chi connectivity index (χ2n) is 4.25. The molecule has 0 aliphatic carbocycles. The van der Waals surface area contributed by atoms with Gasteiger partial charge in [0.05, 0.1) is 25.5 Å². The van der Waals surface area contributed by atoms with Crippen LogP contribution in [0.25, 0.3) is 0 Å². The Morgan fingerprint density at radius 2 is 1.70 bits per heavy atom. The quantitative estimate of drug-likeness (QED) is 0.669. The third-order valence-corrected chi connectivity index (χ3v) is 2.40. The smallest absolute Gasteiger partial charge is 0.221 e. The van der Waals surface area contributed by atoms with Crippen LogP contribution in [0, 0.1) is 0 Å². The average Bonchev–Trinajstić information content (AvgIpc) is 2.43. The summed E-state index contributed by atoms with van der Waals surface area (Å²) in [6.07, 6.45) is 1.02. The van der Waals surface area contributed by atoms with Crippen molar-refractivity contribution < 1.29 is 19.0 Å². The summed E-state index contributed by atoms with van der Waals surface area (Å²) in [6, 6.07) is 7.33. The molecular weight excluding hydrogens is 258 g/mol. The zero-order chi connectivity index (χ0) is 14.6. The Morgan fingerprint density at radius 1 is 1.05 bits per heavy atom. The van der Waals surface area contributed by atoms with Crippen LogP contribution in [0.15, 0.2) is 24.3 Å². The van der Waals surface area contributed by atoms with Gasteiger partial charge in [0.25, 0.3) is 0 Å². The number of benzene rings is 1. The van der Waals surface area contributed by atoms with Gasteiger partial charge in [-0.2, -0.15) is 0 Å². The lowest BCUT2D eigenvalue weighted by Crippen LogP contribution is -2.12. The van der Waals surface area contributed by atoms with E-state index in [1.165, 1.54) is 6.92 Å². The summed E-state index contributed by atoms with van der Waals surface area (Å²) < 4.78 is 16.3. The number of rotatable bonds is 10. The third kappa shape index (κ3) is 7.11. The molecule has 5 heteroatoms.